The zero-order chi connectivity index (χ0) is 24.0. The van der Waals surface area contributed by atoms with Crippen molar-refractivity contribution in [3.8, 4) is 0 Å². The van der Waals surface area contributed by atoms with Crippen LogP contribution in [0.2, 0.25) is 0 Å². The van der Waals surface area contributed by atoms with E-state index in [1.165, 1.54) is 31.4 Å². The Labute approximate surface area is 205 Å². The Morgan fingerprint density at radius 1 is 1.00 bits per heavy atom. The highest BCUT2D eigenvalue weighted by atomic mass is 32.2. The molecule has 35 heavy (non-hydrogen) atoms. The summed E-state index contributed by atoms with van der Waals surface area (Å²) in [7, 11) is -3.03. The number of nitrogens with one attached hydrogen (secondary N) is 2. The lowest BCUT2D eigenvalue weighted by atomic mass is 10.0. The number of aromatic nitrogens is 4. The van der Waals surface area contributed by atoms with Crippen LogP contribution in [0.25, 0.3) is 0 Å². The van der Waals surface area contributed by atoms with Gasteiger partial charge in [-0.3, -0.25) is 9.89 Å². The molecule has 10 nitrogen and oxygen atoms in total. The van der Waals surface area contributed by atoms with Gasteiger partial charge in [-0.1, -0.05) is 12.8 Å². The van der Waals surface area contributed by atoms with Crippen LogP contribution < -0.4 is 10.2 Å². The minimum absolute atomic E-state index is 0.00971. The molecule has 2 aliphatic heterocycles. The largest absolute Gasteiger partial charge is 0.339 e. The maximum atomic E-state index is 13.3. The van der Waals surface area contributed by atoms with Crippen LogP contribution in [0.1, 0.15) is 67.8 Å². The van der Waals surface area contributed by atoms with Crippen molar-refractivity contribution in [2.45, 2.75) is 69.7 Å². The van der Waals surface area contributed by atoms with E-state index in [2.05, 4.69) is 21.6 Å². The van der Waals surface area contributed by atoms with E-state index in [9.17, 15) is 13.2 Å². The number of nitrogens with zero attached hydrogens (tertiary/aromatic N) is 5. The molecule has 2 aromatic rings. The third-order valence-electron chi connectivity index (χ3n) is 8.01. The number of anilines is 3. The van der Waals surface area contributed by atoms with Gasteiger partial charge in [0, 0.05) is 42.9 Å². The summed E-state index contributed by atoms with van der Waals surface area (Å²) in [5, 5.41) is 11.2. The van der Waals surface area contributed by atoms with Crippen molar-refractivity contribution in [3.63, 3.8) is 0 Å². The predicted molar refractivity (Wildman–Crippen MR) is 133 cm³/mol. The number of aryl methyl sites for hydroxylation is 1. The summed E-state index contributed by atoms with van der Waals surface area (Å²) in [4.78, 5) is 26.9. The van der Waals surface area contributed by atoms with E-state index >= 15 is 0 Å². The molecule has 2 aromatic heterocycles. The van der Waals surface area contributed by atoms with Crippen LogP contribution in [0.4, 0.5) is 17.6 Å². The number of carbonyl (C=O) groups excluding carboxylic acids is 1. The van der Waals surface area contributed by atoms with Gasteiger partial charge in [0.05, 0.1) is 17.2 Å². The second-order valence-electron chi connectivity index (χ2n) is 10.3. The number of aromatic amines is 1. The SMILES string of the molecule is O=C(C1CCCN1c1nc2c(c(Nc3cc(C4CCCC4)[nH]n3)n1)CCC2)N1CCS(=O)(=O)CC1. The summed E-state index contributed by atoms with van der Waals surface area (Å²) in [5.41, 5.74) is 3.37. The van der Waals surface area contributed by atoms with Crippen molar-refractivity contribution in [2.75, 3.05) is 41.4 Å². The Bertz CT molecular complexity index is 1210. The van der Waals surface area contributed by atoms with E-state index in [0.717, 1.165) is 61.5 Å². The molecule has 2 aliphatic carbocycles. The first-order valence-electron chi connectivity index (χ1n) is 12.9. The molecule has 0 bridgehead atoms. The van der Waals surface area contributed by atoms with Crippen LogP contribution in [-0.4, -0.2) is 76.6 Å². The second-order valence-corrected chi connectivity index (χ2v) is 12.6. The lowest BCUT2D eigenvalue weighted by Crippen LogP contribution is -2.51. The van der Waals surface area contributed by atoms with Gasteiger partial charge in [0.15, 0.2) is 15.7 Å². The van der Waals surface area contributed by atoms with Crippen molar-refractivity contribution in [1.82, 2.24) is 25.1 Å². The summed E-state index contributed by atoms with van der Waals surface area (Å²) < 4.78 is 23.6. The molecule has 188 valence electrons. The van der Waals surface area contributed by atoms with Crippen molar-refractivity contribution in [1.29, 1.82) is 0 Å². The molecular formula is C24H33N7O3S. The molecule has 4 heterocycles. The first kappa shape index (κ1) is 22.8. The summed E-state index contributed by atoms with van der Waals surface area (Å²) >= 11 is 0. The fourth-order valence-corrected chi connectivity index (χ4v) is 7.23. The first-order chi connectivity index (χ1) is 17.0. The van der Waals surface area contributed by atoms with Crippen molar-refractivity contribution < 1.29 is 13.2 Å². The summed E-state index contributed by atoms with van der Waals surface area (Å²) in [6, 6.07) is 1.76. The highest BCUT2D eigenvalue weighted by Gasteiger charge is 2.38. The molecule has 3 fully saturated rings. The van der Waals surface area contributed by atoms with Crippen molar-refractivity contribution >= 4 is 33.3 Å². The Balaban J connectivity index is 1.24. The van der Waals surface area contributed by atoms with Crippen LogP contribution in [0.15, 0.2) is 6.07 Å². The fraction of sp³-hybridized carbons (Fsp3) is 0.667. The lowest BCUT2D eigenvalue weighted by molar-refractivity contribution is -0.132. The van der Waals surface area contributed by atoms with Gasteiger partial charge in [-0.05, 0) is 44.9 Å². The molecule has 11 heteroatoms. The summed E-state index contributed by atoms with van der Waals surface area (Å²) in [6.07, 6.45) is 9.47. The maximum Gasteiger partial charge on any atom is 0.245 e. The van der Waals surface area contributed by atoms with Gasteiger partial charge in [-0.15, -0.1) is 0 Å². The molecule has 0 radical (unpaired) electrons. The van der Waals surface area contributed by atoms with Gasteiger partial charge in [-0.25, -0.2) is 13.4 Å². The maximum absolute atomic E-state index is 13.3. The lowest BCUT2D eigenvalue weighted by Gasteiger charge is -2.32. The average Bonchev–Trinajstić information content (AvgIpc) is 3.65. The van der Waals surface area contributed by atoms with Gasteiger partial charge < -0.3 is 15.1 Å². The van der Waals surface area contributed by atoms with E-state index < -0.39 is 9.84 Å². The van der Waals surface area contributed by atoms with E-state index in [0.29, 0.717) is 11.9 Å². The minimum atomic E-state index is -3.03. The third-order valence-corrected chi connectivity index (χ3v) is 9.62. The van der Waals surface area contributed by atoms with Crippen LogP contribution in [0, 0.1) is 0 Å². The molecule has 1 saturated carbocycles. The quantitative estimate of drug-likeness (QED) is 0.642. The minimum Gasteiger partial charge on any atom is -0.339 e. The number of rotatable bonds is 5. The van der Waals surface area contributed by atoms with E-state index in [4.69, 9.17) is 9.97 Å². The zero-order valence-corrected chi connectivity index (χ0v) is 20.8. The van der Waals surface area contributed by atoms with Crippen molar-refractivity contribution in [3.05, 3.63) is 23.0 Å². The van der Waals surface area contributed by atoms with Gasteiger partial charge in [0.25, 0.3) is 0 Å². The molecule has 2 N–H and O–H groups in total. The number of H-pyrrole nitrogens is 1. The molecule has 1 atom stereocenters. The number of fused-ring (bicyclic) bond motifs is 1. The summed E-state index contributed by atoms with van der Waals surface area (Å²) in [6.45, 7) is 1.26. The third kappa shape index (κ3) is 4.50. The van der Waals surface area contributed by atoms with Gasteiger partial charge in [0.1, 0.15) is 11.9 Å². The predicted octanol–water partition coefficient (Wildman–Crippen LogP) is 2.32. The second kappa shape index (κ2) is 9.07. The number of amides is 1. The topological polar surface area (TPSA) is 124 Å². The highest BCUT2D eigenvalue weighted by Crippen LogP contribution is 2.36. The Morgan fingerprint density at radius 3 is 2.60 bits per heavy atom. The summed E-state index contributed by atoms with van der Waals surface area (Å²) in [5.74, 6) is 2.78. The van der Waals surface area contributed by atoms with Crippen LogP contribution in [-0.2, 0) is 27.5 Å². The van der Waals surface area contributed by atoms with Crippen LogP contribution in [0.5, 0.6) is 0 Å². The van der Waals surface area contributed by atoms with Crippen molar-refractivity contribution in [2.24, 2.45) is 0 Å². The molecule has 1 amide bonds. The van der Waals surface area contributed by atoms with Gasteiger partial charge >= 0.3 is 0 Å². The number of hydrogen-bond acceptors (Lipinski definition) is 8. The smallest absolute Gasteiger partial charge is 0.245 e. The molecule has 0 spiro atoms. The fourth-order valence-electron chi connectivity index (χ4n) is 6.03. The molecule has 1 unspecified atom stereocenters. The average molecular weight is 500 g/mol. The molecular weight excluding hydrogens is 466 g/mol. The Kier molecular flexibility index (Phi) is 5.90. The Hall–Kier alpha value is -2.69. The normalized spacial score (nSPS) is 24.2. The van der Waals surface area contributed by atoms with E-state index in [1.807, 2.05) is 4.90 Å². The van der Waals surface area contributed by atoms with Gasteiger partial charge in [0.2, 0.25) is 11.9 Å². The van der Waals surface area contributed by atoms with E-state index in [-0.39, 0.29) is 36.5 Å². The number of carbonyl (C=O) groups is 1. The van der Waals surface area contributed by atoms with Crippen LogP contribution >= 0.6 is 0 Å². The van der Waals surface area contributed by atoms with Gasteiger partial charge in [-0.2, -0.15) is 10.1 Å². The molecule has 2 saturated heterocycles. The zero-order valence-electron chi connectivity index (χ0n) is 20.0. The standard InChI is InChI=1S/C24H33N7O3S/c32-23(30-11-13-35(33,34)14-12-30)20-9-4-10-31(20)24-25-18-8-3-7-17(18)22(27-24)26-21-15-19(28-29-21)16-5-1-2-6-16/h15-16,20H,1-14H2,(H2,25,26,27,28,29). The van der Waals surface area contributed by atoms with E-state index in [1.54, 1.807) is 4.90 Å². The molecule has 4 aliphatic rings. The monoisotopic (exact) mass is 499 g/mol. The highest BCUT2D eigenvalue weighted by molar-refractivity contribution is 7.91. The first-order valence-corrected chi connectivity index (χ1v) is 14.8. The molecule has 0 aromatic carbocycles. The van der Waals surface area contributed by atoms with Crippen LogP contribution in [0.3, 0.4) is 0 Å². The molecule has 6 rings (SSSR count). The number of hydrogen-bond donors (Lipinski definition) is 2. The Morgan fingerprint density at radius 2 is 1.80 bits per heavy atom. The number of sulfone groups is 1.